The molecule has 0 aromatic heterocycles. The summed E-state index contributed by atoms with van der Waals surface area (Å²) in [6, 6.07) is 8.44. The molecule has 24 heavy (non-hydrogen) atoms. The maximum atomic E-state index is 11.8. The van der Waals surface area contributed by atoms with Crippen LogP contribution < -0.4 is 5.32 Å². The Bertz CT molecular complexity index is 563. The molecule has 132 valence electrons. The molecule has 0 aliphatic carbocycles. The number of hydrogen-bond donors (Lipinski definition) is 1. The summed E-state index contributed by atoms with van der Waals surface area (Å²) in [6.07, 6.45) is -0.478. The van der Waals surface area contributed by atoms with Gasteiger partial charge in [0.15, 0.2) is 5.78 Å². The Morgan fingerprint density at radius 3 is 2.29 bits per heavy atom. The van der Waals surface area contributed by atoms with Gasteiger partial charge in [-0.3, -0.25) is 9.59 Å². The minimum absolute atomic E-state index is 0.0421. The van der Waals surface area contributed by atoms with Crippen LogP contribution in [-0.2, 0) is 25.7 Å². The molecule has 0 bridgehead atoms. The minimum atomic E-state index is -0.777. The Balaban J connectivity index is 2.43. The molecule has 0 fully saturated rings. The number of amides is 1. The zero-order valence-corrected chi connectivity index (χ0v) is 14.6. The van der Waals surface area contributed by atoms with Crippen LogP contribution in [-0.4, -0.2) is 29.5 Å². The SMILES string of the molecule is CC(=O)C(CCC(=O)OC(C)(C)C)NC(=O)OCc1ccccc1. The maximum absolute atomic E-state index is 11.8. The van der Waals surface area contributed by atoms with Crippen LogP contribution in [0.15, 0.2) is 30.3 Å². The molecule has 1 rings (SSSR count). The summed E-state index contributed by atoms with van der Waals surface area (Å²) in [7, 11) is 0. The second-order valence-electron chi connectivity index (χ2n) is 6.49. The topological polar surface area (TPSA) is 81.7 Å². The van der Waals surface area contributed by atoms with E-state index in [0.717, 1.165) is 5.56 Å². The molecule has 0 aliphatic heterocycles. The molecule has 0 saturated carbocycles. The molecule has 0 spiro atoms. The van der Waals surface area contributed by atoms with Crippen molar-refractivity contribution in [3.63, 3.8) is 0 Å². The van der Waals surface area contributed by atoms with Crippen LogP contribution >= 0.6 is 0 Å². The molecule has 6 heteroatoms. The molecule has 1 aromatic carbocycles. The molecule has 1 unspecified atom stereocenters. The molecule has 0 heterocycles. The van der Waals surface area contributed by atoms with E-state index in [1.807, 2.05) is 30.3 Å². The zero-order valence-electron chi connectivity index (χ0n) is 14.6. The lowest BCUT2D eigenvalue weighted by molar-refractivity contribution is -0.155. The number of hydrogen-bond acceptors (Lipinski definition) is 5. The van der Waals surface area contributed by atoms with Crippen molar-refractivity contribution in [1.82, 2.24) is 5.32 Å². The average molecular weight is 335 g/mol. The third-order valence-corrected chi connectivity index (χ3v) is 3.05. The van der Waals surface area contributed by atoms with E-state index in [1.54, 1.807) is 20.8 Å². The van der Waals surface area contributed by atoms with Crippen molar-refractivity contribution in [2.75, 3.05) is 0 Å². The standard InChI is InChI=1S/C18H25NO5/c1-13(20)15(10-11-16(21)24-18(2,3)4)19-17(22)23-12-14-8-6-5-7-9-14/h5-9,15H,10-12H2,1-4H3,(H,19,22). The lowest BCUT2D eigenvalue weighted by Gasteiger charge is -2.20. The molecule has 0 radical (unpaired) electrons. The molecule has 1 N–H and O–H groups in total. The van der Waals surface area contributed by atoms with E-state index in [1.165, 1.54) is 6.92 Å². The lowest BCUT2D eigenvalue weighted by Crippen LogP contribution is -2.40. The van der Waals surface area contributed by atoms with Crippen molar-refractivity contribution in [3.8, 4) is 0 Å². The van der Waals surface area contributed by atoms with Gasteiger partial charge in [0.2, 0.25) is 0 Å². The number of carbonyl (C=O) groups is 3. The van der Waals surface area contributed by atoms with Crippen molar-refractivity contribution in [3.05, 3.63) is 35.9 Å². The Kier molecular flexibility index (Phi) is 7.42. The summed E-state index contributed by atoms with van der Waals surface area (Å²) in [5, 5.41) is 2.49. The van der Waals surface area contributed by atoms with Crippen molar-refractivity contribution in [2.45, 2.75) is 58.8 Å². The zero-order chi connectivity index (χ0) is 18.2. The smallest absolute Gasteiger partial charge is 0.408 e. The van der Waals surface area contributed by atoms with Gasteiger partial charge in [-0.25, -0.2) is 4.79 Å². The molecule has 0 saturated heterocycles. The quantitative estimate of drug-likeness (QED) is 0.775. The molecule has 1 aromatic rings. The van der Waals surface area contributed by atoms with Crippen molar-refractivity contribution >= 4 is 17.8 Å². The highest BCUT2D eigenvalue weighted by Gasteiger charge is 2.22. The average Bonchev–Trinajstić information content (AvgIpc) is 2.48. The van der Waals surface area contributed by atoms with Crippen LogP contribution in [0.5, 0.6) is 0 Å². The number of alkyl carbamates (subject to hydrolysis) is 1. The van der Waals surface area contributed by atoms with Gasteiger partial charge >= 0.3 is 12.1 Å². The number of nitrogens with one attached hydrogen (secondary N) is 1. The van der Waals surface area contributed by atoms with Crippen molar-refractivity contribution in [1.29, 1.82) is 0 Å². The number of rotatable bonds is 7. The van der Waals surface area contributed by atoms with Gasteiger partial charge in [-0.15, -0.1) is 0 Å². The maximum Gasteiger partial charge on any atom is 0.408 e. The summed E-state index contributed by atoms with van der Waals surface area (Å²) < 4.78 is 10.3. The fourth-order valence-electron chi connectivity index (χ4n) is 1.94. The largest absolute Gasteiger partial charge is 0.460 e. The number of ketones is 1. The van der Waals surface area contributed by atoms with E-state index in [4.69, 9.17) is 9.47 Å². The van der Waals surface area contributed by atoms with Crippen molar-refractivity contribution < 1.29 is 23.9 Å². The summed E-state index contributed by atoms with van der Waals surface area (Å²) >= 11 is 0. The fraction of sp³-hybridized carbons (Fsp3) is 0.500. The van der Waals surface area contributed by atoms with Crippen LogP contribution in [0.1, 0.15) is 46.1 Å². The first kappa shape index (κ1) is 19.7. The first-order valence-corrected chi connectivity index (χ1v) is 7.87. The van der Waals surface area contributed by atoms with Crippen molar-refractivity contribution in [2.24, 2.45) is 0 Å². The van der Waals surface area contributed by atoms with Crippen LogP contribution in [0.2, 0.25) is 0 Å². The molecular formula is C18H25NO5. The molecule has 1 atom stereocenters. The number of carbonyl (C=O) groups excluding carboxylic acids is 3. The van der Waals surface area contributed by atoms with Gasteiger partial charge in [-0.2, -0.15) is 0 Å². The second-order valence-corrected chi connectivity index (χ2v) is 6.49. The van der Waals surface area contributed by atoms with Crippen LogP contribution in [0.25, 0.3) is 0 Å². The molecular weight excluding hydrogens is 310 g/mol. The van der Waals surface area contributed by atoms with E-state index in [9.17, 15) is 14.4 Å². The molecule has 1 amide bonds. The Morgan fingerprint density at radius 1 is 1.12 bits per heavy atom. The van der Waals surface area contributed by atoms with Gasteiger partial charge in [0, 0.05) is 6.42 Å². The Labute approximate surface area is 142 Å². The summed E-state index contributed by atoms with van der Waals surface area (Å²) in [5.74, 6) is -0.650. The molecule has 0 aliphatic rings. The lowest BCUT2D eigenvalue weighted by atomic mass is 10.1. The molecule has 6 nitrogen and oxygen atoms in total. The number of ether oxygens (including phenoxy) is 2. The number of benzene rings is 1. The predicted octanol–water partition coefficient (Wildman–Crippen LogP) is 2.99. The van der Waals surface area contributed by atoms with E-state index in [-0.39, 0.29) is 25.2 Å². The fourth-order valence-corrected chi connectivity index (χ4v) is 1.94. The van der Waals surface area contributed by atoms with Gasteiger partial charge in [-0.05, 0) is 39.7 Å². The van der Waals surface area contributed by atoms with E-state index < -0.39 is 23.7 Å². The second kappa shape index (κ2) is 9.05. The monoisotopic (exact) mass is 335 g/mol. The first-order chi connectivity index (χ1) is 11.2. The first-order valence-electron chi connectivity index (χ1n) is 7.87. The summed E-state index contributed by atoms with van der Waals surface area (Å²) in [6.45, 7) is 6.78. The summed E-state index contributed by atoms with van der Waals surface area (Å²) in [5.41, 5.74) is 0.269. The van der Waals surface area contributed by atoms with E-state index in [0.29, 0.717) is 0 Å². The van der Waals surface area contributed by atoms with E-state index >= 15 is 0 Å². The van der Waals surface area contributed by atoms with Crippen LogP contribution in [0, 0.1) is 0 Å². The highest BCUT2D eigenvalue weighted by Crippen LogP contribution is 2.10. The highest BCUT2D eigenvalue weighted by atomic mass is 16.6. The number of esters is 1. The van der Waals surface area contributed by atoms with Crippen LogP contribution in [0.4, 0.5) is 4.79 Å². The normalized spacial score (nSPS) is 12.2. The third kappa shape index (κ3) is 8.31. The Morgan fingerprint density at radius 2 is 1.75 bits per heavy atom. The van der Waals surface area contributed by atoms with Gasteiger partial charge < -0.3 is 14.8 Å². The van der Waals surface area contributed by atoms with Gasteiger partial charge in [-0.1, -0.05) is 30.3 Å². The van der Waals surface area contributed by atoms with Crippen LogP contribution in [0.3, 0.4) is 0 Å². The minimum Gasteiger partial charge on any atom is -0.460 e. The van der Waals surface area contributed by atoms with E-state index in [2.05, 4.69) is 5.32 Å². The Hall–Kier alpha value is -2.37. The third-order valence-electron chi connectivity index (χ3n) is 3.05. The van der Waals surface area contributed by atoms with Gasteiger partial charge in [0.05, 0.1) is 6.04 Å². The van der Waals surface area contributed by atoms with Gasteiger partial charge in [0.25, 0.3) is 0 Å². The predicted molar refractivity (Wildman–Crippen MR) is 89.3 cm³/mol. The number of Topliss-reactive ketones (excluding diaryl/α,β-unsaturated/α-hetero) is 1. The van der Waals surface area contributed by atoms with Gasteiger partial charge in [0.1, 0.15) is 12.2 Å². The highest BCUT2D eigenvalue weighted by molar-refractivity contribution is 5.86. The summed E-state index contributed by atoms with van der Waals surface area (Å²) in [4.78, 5) is 35.1.